The van der Waals surface area contributed by atoms with Crippen molar-refractivity contribution in [1.29, 1.82) is 0 Å². The summed E-state index contributed by atoms with van der Waals surface area (Å²) in [5.74, 6) is -0.731. The summed E-state index contributed by atoms with van der Waals surface area (Å²) in [7, 11) is 0. The molecule has 1 atom stereocenters. The van der Waals surface area contributed by atoms with Gasteiger partial charge < -0.3 is 4.74 Å². The molecule has 1 aromatic rings. The van der Waals surface area contributed by atoms with Gasteiger partial charge in [0, 0.05) is 5.56 Å². The molecular formula is C12H13FO2. The van der Waals surface area contributed by atoms with Crippen LogP contribution in [0.25, 0.3) is 0 Å². The molecular weight excluding hydrogens is 195 g/mol. The van der Waals surface area contributed by atoms with Gasteiger partial charge in [0.05, 0.1) is 5.56 Å². The quantitative estimate of drug-likeness (QED) is 0.713. The maximum Gasteiger partial charge on any atom is 0.339 e. The normalized spacial score (nSPS) is 18.8. The minimum Gasteiger partial charge on any atom is -0.454 e. The number of ether oxygens (including phenoxy) is 1. The lowest BCUT2D eigenvalue weighted by Crippen LogP contribution is -1.99. The van der Waals surface area contributed by atoms with E-state index in [-0.39, 0.29) is 11.9 Å². The lowest BCUT2D eigenvalue weighted by Gasteiger charge is -2.09. The van der Waals surface area contributed by atoms with Gasteiger partial charge in [-0.15, -0.1) is 0 Å². The fourth-order valence-corrected chi connectivity index (χ4v) is 1.89. The van der Waals surface area contributed by atoms with Gasteiger partial charge in [-0.3, -0.25) is 0 Å². The minimum absolute atomic E-state index is 0.334. The molecule has 0 amide bonds. The lowest BCUT2D eigenvalue weighted by atomic mass is 10.0. The maximum atomic E-state index is 13.5. The van der Waals surface area contributed by atoms with Gasteiger partial charge in [0.25, 0.3) is 0 Å². The molecule has 0 aromatic heterocycles. The average Bonchev–Trinajstić information content (AvgIpc) is 2.55. The predicted molar refractivity (Wildman–Crippen MR) is 54.1 cm³/mol. The molecule has 15 heavy (non-hydrogen) atoms. The molecule has 2 nitrogen and oxygen atoms in total. The first-order valence-electron chi connectivity index (χ1n) is 5.23. The summed E-state index contributed by atoms with van der Waals surface area (Å²) in [4.78, 5) is 11.4. The fourth-order valence-electron chi connectivity index (χ4n) is 1.89. The van der Waals surface area contributed by atoms with E-state index in [2.05, 4.69) is 6.92 Å². The topological polar surface area (TPSA) is 26.3 Å². The van der Waals surface area contributed by atoms with Gasteiger partial charge in [-0.2, -0.15) is 0 Å². The van der Waals surface area contributed by atoms with E-state index in [1.807, 2.05) is 0 Å². The second-order valence-electron chi connectivity index (χ2n) is 3.74. The number of hydrogen-bond donors (Lipinski definition) is 0. The average molecular weight is 208 g/mol. The molecule has 0 spiro atoms. The highest BCUT2D eigenvalue weighted by Crippen LogP contribution is 2.35. The van der Waals surface area contributed by atoms with Gasteiger partial charge in [-0.25, -0.2) is 9.18 Å². The summed E-state index contributed by atoms with van der Waals surface area (Å²) in [6, 6.07) is 4.53. The van der Waals surface area contributed by atoms with Gasteiger partial charge in [0.2, 0.25) is 0 Å². The molecule has 80 valence electrons. The number of esters is 1. The van der Waals surface area contributed by atoms with Crippen LogP contribution in [0.1, 0.15) is 48.2 Å². The Bertz CT molecular complexity index is 387. The van der Waals surface area contributed by atoms with Crippen molar-refractivity contribution in [3.05, 3.63) is 35.1 Å². The zero-order chi connectivity index (χ0) is 10.8. The maximum absolute atomic E-state index is 13.5. The number of carbonyl (C=O) groups is 1. The Hall–Kier alpha value is -1.38. The zero-order valence-electron chi connectivity index (χ0n) is 8.63. The van der Waals surface area contributed by atoms with Crippen LogP contribution in [0.15, 0.2) is 18.2 Å². The van der Waals surface area contributed by atoms with E-state index in [0.717, 1.165) is 12.8 Å². The van der Waals surface area contributed by atoms with Crippen molar-refractivity contribution in [2.75, 3.05) is 0 Å². The number of carbonyl (C=O) groups excluding carboxylic acids is 1. The van der Waals surface area contributed by atoms with Crippen LogP contribution in [-0.2, 0) is 4.74 Å². The van der Waals surface area contributed by atoms with Gasteiger partial charge in [0.1, 0.15) is 11.9 Å². The number of rotatable bonds is 3. The van der Waals surface area contributed by atoms with Gasteiger partial charge in [-0.05, 0) is 25.0 Å². The molecule has 0 N–H and O–H groups in total. The predicted octanol–water partition coefficient (Wildman–Crippen LogP) is 3.23. The highest BCUT2D eigenvalue weighted by atomic mass is 19.1. The monoisotopic (exact) mass is 208 g/mol. The molecule has 0 saturated carbocycles. The van der Waals surface area contributed by atoms with E-state index < -0.39 is 5.97 Å². The van der Waals surface area contributed by atoms with Crippen LogP contribution in [0.4, 0.5) is 4.39 Å². The van der Waals surface area contributed by atoms with Crippen LogP contribution in [-0.4, -0.2) is 5.97 Å². The van der Waals surface area contributed by atoms with Crippen molar-refractivity contribution >= 4 is 5.97 Å². The summed E-state index contributed by atoms with van der Waals surface area (Å²) in [5.41, 5.74) is 0.826. The number of halogens is 1. The first-order chi connectivity index (χ1) is 7.24. The highest BCUT2D eigenvalue weighted by Gasteiger charge is 2.32. The number of benzene rings is 1. The number of cyclic esters (lactones) is 1. The largest absolute Gasteiger partial charge is 0.454 e. The molecule has 1 unspecified atom stereocenters. The Labute approximate surface area is 88.1 Å². The van der Waals surface area contributed by atoms with Gasteiger partial charge in [-0.1, -0.05) is 19.4 Å². The third-order valence-corrected chi connectivity index (χ3v) is 2.66. The van der Waals surface area contributed by atoms with Crippen LogP contribution in [0.3, 0.4) is 0 Å². The van der Waals surface area contributed by atoms with E-state index in [1.54, 1.807) is 6.07 Å². The van der Waals surface area contributed by atoms with Crippen LogP contribution in [0.5, 0.6) is 0 Å². The second-order valence-corrected chi connectivity index (χ2v) is 3.74. The van der Waals surface area contributed by atoms with Crippen molar-refractivity contribution in [3.8, 4) is 0 Å². The van der Waals surface area contributed by atoms with Crippen molar-refractivity contribution in [1.82, 2.24) is 0 Å². The number of fused-ring (bicyclic) bond motifs is 1. The van der Waals surface area contributed by atoms with Crippen molar-refractivity contribution in [2.24, 2.45) is 0 Å². The molecule has 3 heteroatoms. The summed E-state index contributed by atoms with van der Waals surface area (Å²) in [6.45, 7) is 2.05. The highest BCUT2D eigenvalue weighted by molar-refractivity contribution is 5.94. The molecule has 0 aliphatic carbocycles. The number of hydrogen-bond acceptors (Lipinski definition) is 2. The summed E-state index contributed by atoms with van der Waals surface area (Å²) >= 11 is 0. The molecule has 0 saturated heterocycles. The smallest absolute Gasteiger partial charge is 0.339 e. The third kappa shape index (κ3) is 1.74. The third-order valence-electron chi connectivity index (χ3n) is 2.66. The molecule has 1 aromatic carbocycles. The molecule has 2 rings (SSSR count). The molecule has 0 fully saturated rings. The van der Waals surface area contributed by atoms with Gasteiger partial charge in [0.15, 0.2) is 0 Å². The van der Waals surface area contributed by atoms with Crippen LogP contribution >= 0.6 is 0 Å². The van der Waals surface area contributed by atoms with Gasteiger partial charge >= 0.3 is 5.97 Å². The molecule has 1 aliphatic rings. The number of unbranched alkanes of at least 4 members (excludes halogenated alkanes) is 1. The van der Waals surface area contributed by atoms with Crippen LogP contribution in [0.2, 0.25) is 0 Å². The Kier molecular flexibility index (Phi) is 2.71. The minimum atomic E-state index is -0.398. The first kappa shape index (κ1) is 10.1. The van der Waals surface area contributed by atoms with Crippen molar-refractivity contribution in [3.63, 3.8) is 0 Å². The van der Waals surface area contributed by atoms with E-state index in [9.17, 15) is 9.18 Å². The van der Waals surface area contributed by atoms with E-state index in [0.29, 0.717) is 17.5 Å². The van der Waals surface area contributed by atoms with E-state index >= 15 is 0 Å². The SMILES string of the molecule is CCCCC1OC(=O)c2cccc(F)c21. The molecule has 0 radical (unpaired) electrons. The van der Waals surface area contributed by atoms with Crippen LogP contribution < -0.4 is 0 Å². The second kappa shape index (κ2) is 4.01. The zero-order valence-corrected chi connectivity index (χ0v) is 8.63. The van der Waals surface area contributed by atoms with Crippen LogP contribution in [0, 0.1) is 5.82 Å². The summed E-state index contributed by atoms with van der Waals surface area (Å²) < 4.78 is 18.6. The Morgan fingerprint density at radius 1 is 1.47 bits per heavy atom. The molecule has 0 bridgehead atoms. The standard InChI is InChI=1S/C12H13FO2/c1-2-3-7-10-11-8(12(14)15-10)5-4-6-9(11)13/h4-6,10H,2-3,7H2,1H3. The lowest BCUT2D eigenvalue weighted by molar-refractivity contribution is 0.0360. The summed E-state index contributed by atoms with van der Waals surface area (Å²) in [5, 5.41) is 0. The van der Waals surface area contributed by atoms with E-state index in [1.165, 1.54) is 12.1 Å². The van der Waals surface area contributed by atoms with Crippen molar-refractivity contribution < 1.29 is 13.9 Å². The Morgan fingerprint density at radius 3 is 3.00 bits per heavy atom. The first-order valence-corrected chi connectivity index (χ1v) is 5.23. The fraction of sp³-hybridized carbons (Fsp3) is 0.417. The van der Waals surface area contributed by atoms with E-state index in [4.69, 9.17) is 4.74 Å². The Balaban J connectivity index is 2.31. The Morgan fingerprint density at radius 2 is 2.27 bits per heavy atom. The molecule has 1 heterocycles. The summed E-state index contributed by atoms with van der Waals surface area (Å²) in [6.07, 6.45) is 2.27. The molecule has 1 aliphatic heterocycles. The van der Waals surface area contributed by atoms with Crippen molar-refractivity contribution in [2.45, 2.75) is 32.3 Å².